The molecule has 0 saturated carbocycles. The minimum Gasteiger partial charge on any atom is -0.318 e. The van der Waals surface area contributed by atoms with E-state index in [9.17, 15) is 0 Å². The first-order chi connectivity index (χ1) is 8.29. The van der Waals surface area contributed by atoms with Gasteiger partial charge in [-0.05, 0) is 17.5 Å². The monoisotopic (exact) mass is 253 g/mol. The second kappa shape index (κ2) is 5.78. The summed E-state index contributed by atoms with van der Waals surface area (Å²) in [6, 6.07) is 0. The maximum atomic E-state index is 4.12. The molecule has 0 saturated heterocycles. The summed E-state index contributed by atoms with van der Waals surface area (Å²) in [4.78, 5) is 0. The van der Waals surface area contributed by atoms with Crippen molar-refractivity contribution in [1.82, 2.24) is 35.3 Å². The summed E-state index contributed by atoms with van der Waals surface area (Å²) in [6.45, 7) is 1.63. The molecular formula is C9H15N7S. The van der Waals surface area contributed by atoms with Crippen LogP contribution in [0.15, 0.2) is 17.6 Å². The van der Waals surface area contributed by atoms with Crippen LogP contribution in [0.3, 0.4) is 0 Å². The maximum absolute atomic E-state index is 4.12. The molecule has 2 aromatic heterocycles. The summed E-state index contributed by atoms with van der Waals surface area (Å²) >= 11 is 1.62. The average Bonchev–Trinajstić information content (AvgIpc) is 2.92. The molecule has 0 unspecified atom stereocenters. The number of likely N-dealkylation sites (N-methyl/N-ethyl adjacent to an activating group) is 1. The van der Waals surface area contributed by atoms with E-state index in [1.807, 2.05) is 26.5 Å². The third kappa shape index (κ3) is 3.27. The molecule has 7 nitrogen and oxygen atoms in total. The van der Waals surface area contributed by atoms with Crippen molar-refractivity contribution in [1.29, 1.82) is 0 Å². The molecule has 1 N–H and O–H groups in total. The molecule has 2 aromatic rings. The van der Waals surface area contributed by atoms with Crippen LogP contribution in [-0.2, 0) is 19.3 Å². The van der Waals surface area contributed by atoms with Crippen LogP contribution >= 0.6 is 11.8 Å². The third-order valence-electron chi connectivity index (χ3n) is 2.20. The molecule has 0 aliphatic rings. The smallest absolute Gasteiger partial charge is 0.209 e. The van der Waals surface area contributed by atoms with Gasteiger partial charge in [0.1, 0.15) is 0 Å². The number of nitrogens with zero attached hydrogens (tertiary/aromatic N) is 6. The van der Waals surface area contributed by atoms with Gasteiger partial charge >= 0.3 is 0 Å². The van der Waals surface area contributed by atoms with E-state index < -0.39 is 0 Å². The molecule has 0 radical (unpaired) electrons. The number of thioether (sulfide) groups is 1. The first-order valence-electron chi connectivity index (χ1n) is 5.30. The highest BCUT2D eigenvalue weighted by molar-refractivity contribution is 7.98. The second-order valence-electron chi connectivity index (χ2n) is 3.60. The summed E-state index contributed by atoms with van der Waals surface area (Å²) < 4.78 is 3.59. The number of hydrogen-bond acceptors (Lipinski definition) is 6. The number of rotatable bonds is 6. The number of nitrogens with one attached hydrogen (secondary N) is 1. The van der Waals surface area contributed by atoms with Crippen LogP contribution in [0.4, 0.5) is 0 Å². The van der Waals surface area contributed by atoms with Gasteiger partial charge in [-0.3, -0.25) is 4.68 Å². The lowest BCUT2D eigenvalue weighted by molar-refractivity contribution is 0.530. The molecule has 92 valence electrons. The topological polar surface area (TPSA) is 73.5 Å². The van der Waals surface area contributed by atoms with E-state index in [1.165, 1.54) is 5.56 Å². The zero-order valence-corrected chi connectivity index (χ0v) is 10.7. The Morgan fingerprint density at radius 2 is 2.35 bits per heavy atom. The van der Waals surface area contributed by atoms with Crippen LogP contribution in [0.25, 0.3) is 0 Å². The molecule has 8 heteroatoms. The fraction of sp³-hybridized carbons (Fsp3) is 0.556. The zero-order valence-electron chi connectivity index (χ0n) is 9.87. The minimum atomic E-state index is 0.777. The van der Waals surface area contributed by atoms with Crippen molar-refractivity contribution in [2.24, 2.45) is 7.05 Å². The summed E-state index contributed by atoms with van der Waals surface area (Å²) in [5.74, 6) is 0.827. The molecule has 17 heavy (non-hydrogen) atoms. The molecule has 0 aliphatic carbocycles. The van der Waals surface area contributed by atoms with Crippen molar-refractivity contribution < 1.29 is 0 Å². The fourth-order valence-corrected chi connectivity index (χ4v) is 2.17. The highest BCUT2D eigenvalue weighted by Crippen LogP contribution is 2.18. The Morgan fingerprint density at radius 3 is 3.06 bits per heavy atom. The van der Waals surface area contributed by atoms with Crippen LogP contribution in [0, 0.1) is 0 Å². The van der Waals surface area contributed by atoms with Gasteiger partial charge in [-0.1, -0.05) is 11.8 Å². The van der Waals surface area contributed by atoms with Gasteiger partial charge in [-0.25, -0.2) is 4.68 Å². The quantitative estimate of drug-likeness (QED) is 0.726. The number of aryl methyl sites for hydroxylation is 1. The van der Waals surface area contributed by atoms with Gasteiger partial charge in [0, 0.05) is 31.1 Å². The maximum Gasteiger partial charge on any atom is 0.209 e. The van der Waals surface area contributed by atoms with Gasteiger partial charge in [-0.2, -0.15) is 5.10 Å². The van der Waals surface area contributed by atoms with Crippen molar-refractivity contribution in [3.63, 3.8) is 0 Å². The molecule has 2 heterocycles. The Balaban J connectivity index is 1.92. The first-order valence-corrected chi connectivity index (χ1v) is 6.29. The minimum absolute atomic E-state index is 0.777. The van der Waals surface area contributed by atoms with E-state index >= 15 is 0 Å². The fourth-order valence-electron chi connectivity index (χ4n) is 1.35. The second-order valence-corrected chi connectivity index (χ2v) is 4.54. The SMILES string of the molecule is CNCCn1nnnc1SCc1cnn(C)c1. The van der Waals surface area contributed by atoms with Crippen LogP contribution in [-0.4, -0.2) is 43.6 Å². The van der Waals surface area contributed by atoms with Crippen molar-refractivity contribution >= 4 is 11.8 Å². The lowest BCUT2D eigenvalue weighted by Gasteiger charge is -2.02. The van der Waals surface area contributed by atoms with E-state index in [0.29, 0.717) is 0 Å². The predicted octanol–water partition coefficient (Wildman–Crippen LogP) is -0.0817. The summed E-state index contributed by atoms with van der Waals surface area (Å²) in [7, 11) is 3.82. The van der Waals surface area contributed by atoms with Crippen molar-refractivity contribution in [3.8, 4) is 0 Å². The van der Waals surface area contributed by atoms with Gasteiger partial charge < -0.3 is 5.32 Å². The van der Waals surface area contributed by atoms with Gasteiger partial charge in [0.2, 0.25) is 5.16 Å². The van der Waals surface area contributed by atoms with Crippen molar-refractivity contribution in [2.45, 2.75) is 17.5 Å². The largest absolute Gasteiger partial charge is 0.318 e. The predicted molar refractivity (Wildman–Crippen MR) is 64.5 cm³/mol. The van der Waals surface area contributed by atoms with Gasteiger partial charge in [0.25, 0.3) is 0 Å². The van der Waals surface area contributed by atoms with Crippen molar-refractivity contribution in [3.05, 3.63) is 18.0 Å². The van der Waals surface area contributed by atoms with E-state index in [0.717, 1.165) is 24.0 Å². The van der Waals surface area contributed by atoms with Crippen LogP contribution < -0.4 is 5.32 Å². The summed E-state index contributed by atoms with van der Waals surface area (Å²) in [5, 5.41) is 19.7. The molecule has 2 rings (SSSR count). The van der Waals surface area contributed by atoms with Crippen LogP contribution in [0.5, 0.6) is 0 Å². The molecule has 0 fully saturated rings. The van der Waals surface area contributed by atoms with Crippen LogP contribution in [0.2, 0.25) is 0 Å². The van der Waals surface area contributed by atoms with Gasteiger partial charge in [0.15, 0.2) is 0 Å². The van der Waals surface area contributed by atoms with Crippen LogP contribution in [0.1, 0.15) is 5.56 Å². The molecule has 0 aliphatic heterocycles. The van der Waals surface area contributed by atoms with Gasteiger partial charge in [0.05, 0.1) is 12.7 Å². The number of tetrazole rings is 1. The molecule has 0 amide bonds. The zero-order chi connectivity index (χ0) is 12.1. The van der Waals surface area contributed by atoms with E-state index in [2.05, 4.69) is 25.9 Å². The molecule has 0 spiro atoms. The number of aromatic nitrogens is 6. The van der Waals surface area contributed by atoms with E-state index in [1.54, 1.807) is 21.1 Å². The summed E-state index contributed by atoms with van der Waals surface area (Å²) in [6.07, 6.45) is 3.85. The molecule has 0 aromatic carbocycles. The Hall–Kier alpha value is -1.41. The number of hydrogen-bond donors (Lipinski definition) is 1. The molecule has 0 atom stereocenters. The van der Waals surface area contributed by atoms with Crippen molar-refractivity contribution in [2.75, 3.05) is 13.6 Å². The lowest BCUT2D eigenvalue weighted by atomic mass is 10.4. The normalized spacial score (nSPS) is 10.9. The first kappa shape index (κ1) is 12.1. The van der Waals surface area contributed by atoms with E-state index in [4.69, 9.17) is 0 Å². The highest BCUT2D eigenvalue weighted by atomic mass is 32.2. The Kier molecular flexibility index (Phi) is 4.10. The Bertz CT molecular complexity index is 463. The third-order valence-corrected chi connectivity index (χ3v) is 3.23. The lowest BCUT2D eigenvalue weighted by Crippen LogP contribution is -2.16. The van der Waals surface area contributed by atoms with E-state index in [-0.39, 0.29) is 0 Å². The Morgan fingerprint density at radius 1 is 1.47 bits per heavy atom. The Labute approximate surface area is 104 Å². The summed E-state index contributed by atoms with van der Waals surface area (Å²) in [5.41, 5.74) is 1.17. The van der Waals surface area contributed by atoms with Gasteiger partial charge in [-0.15, -0.1) is 5.10 Å². The average molecular weight is 253 g/mol. The molecule has 0 bridgehead atoms. The highest BCUT2D eigenvalue weighted by Gasteiger charge is 2.07. The standard InChI is InChI=1S/C9H15N7S/c1-10-3-4-16-9(12-13-14-16)17-7-8-5-11-15(2)6-8/h5-6,10H,3-4,7H2,1-2H3. The molecular weight excluding hydrogens is 238 g/mol.